The van der Waals surface area contributed by atoms with Crippen LogP contribution < -0.4 is 5.73 Å². The van der Waals surface area contributed by atoms with Gasteiger partial charge in [-0.1, -0.05) is 6.92 Å². The molecule has 2 atom stereocenters. The summed E-state index contributed by atoms with van der Waals surface area (Å²) in [7, 11) is 0. The van der Waals surface area contributed by atoms with Gasteiger partial charge < -0.3 is 15.9 Å². The van der Waals surface area contributed by atoms with Crippen molar-refractivity contribution in [3.63, 3.8) is 0 Å². The first-order valence-electron chi connectivity index (χ1n) is 3.78. The zero-order valence-electron chi connectivity index (χ0n) is 7.06. The topological polar surface area (TPSA) is 83.5 Å². The van der Waals surface area contributed by atoms with Crippen molar-refractivity contribution in [2.24, 2.45) is 5.73 Å². The predicted octanol–water partition coefficient (Wildman–Crippen LogP) is -0.0976. The van der Waals surface area contributed by atoms with E-state index in [2.05, 4.69) is 0 Å². The second-order valence-electron chi connectivity index (χ2n) is 2.60. The summed E-state index contributed by atoms with van der Waals surface area (Å²) in [5.74, 6) is -0.574. The second kappa shape index (κ2) is 6.28. The van der Waals surface area contributed by atoms with Gasteiger partial charge in [0.15, 0.2) is 0 Å². The molecular weight excluding hydrogens is 178 g/mol. The van der Waals surface area contributed by atoms with E-state index >= 15 is 0 Å². The average Bonchev–Trinajstić information content (AvgIpc) is 2.00. The number of thioether (sulfide) groups is 1. The Balaban J connectivity index is 3.46. The minimum atomic E-state index is -0.973. The van der Waals surface area contributed by atoms with Crippen LogP contribution in [0.25, 0.3) is 0 Å². The number of aliphatic hydroxyl groups is 1. The number of carboxylic acids is 1. The van der Waals surface area contributed by atoms with Gasteiger partial charge in [-0.2, -0.15) is 11.8 Å². The fourth-order valence-electron chi connectivity index (χ4n) is 0.604. The van der Waals surface area contributed by atoms with E-state index in [1.54, 1.807) is 0 Å². The third-order valence-electron chi connectivity index (χ3n) is 1.41. The molecule has 0 aliphatic rings. The van der Waals surface area contributed by atoms with Gasteiger partial charge in [0.2, 0.25) is 0 Å². The van der Waals surface area contributed by atoms with Crippen LogP contribution in [0, 0.1) is 0 Å². The summed E-state index contributed by atoms with van der Waals surface area (Å²) in [5, 5.41) is 17.3. The van der Waals surface area contributed by atoms with Crippen molar-refractivity contribution in [1.82, 2.24) is 0 Å². The average molecular weight is 193 g/mol. The Bertz CT molecular complexity index is 143. The lowest BCUT2D eigenvalue weighted by Gasteiger charge is -2.11. The summed E-state index contributed by atoms with van der Waals surface area (Å²) >= 11 is 1.47. The number of carboxylic acid groups (broad SMARTS) is 1. The highest BCUT2D eigenvalue weighted by atomic mass is 32.2. The lowest BCUT2D eigenvalue weighted by atomic mass is 10.3. The lowest BCUT2D eigenvalue weighted by Crippen LogP contribution is -2.33. The number of nitrogens with two attached hydrogens (primary N) is 1. The Kier molecular flexibility index (Phi) is 6.14. The fourth-order valence-corrected chi connectivity index (χ4v) is 1.55. The molecule has 0 heterocycles. The van der Waals surface area contributed by atoms with Crippen molar-refractivity contribution in [3.05, 3.63) is 0 Å². The van der Waals surface area contributed by atoms with Gasteiger partial charge in [0.05, 0.1) is 0 Å². The molecule has 0 bridgehead atoms. The van der Waals surface area contributed by atoms with Crippen molar-refractivity contribution < 1.29 is 15.0 Å². The smallest absolute Gasteiger partial charge is 0.321 e. The molecule has 0 saturated heterocycles. The Morgan fingerprint density at radius 2 is 2.25 bits per heavy atom. The van der Waals surface area contributed by atoms with Gasteiger partial charge in [-0.3, -0.25) is 4.79 Å². The summed E-state index contributed by atoms with van der Waals surface area (Å²) in [6.45, 7) is 2.08. The van der Waals surface area contributed by atoms with Crippen LogP contribution in [0.15, 0.2) is 0 Å². The van der Waals surface area contributed by atoms with Crippen molar-refractivity contribution in [1.29, 1.82) is 0 Å². The zero-order chi connectivity index (χ0) is 9.56. The van der Waals surface area contributed by atoms with Gasteiger partial charge >= 0.3 is 5.97 Å². The molecule has 0 aliphatic carbocycles. The third-order valence-corrected chi connectivity index (χ3v) is 2.77. The number of aliphatic carboxylic acids is 1. The first-order valence-corrected chi connectivity index (χ1v) is 4.83. The molecule has 0 saturated carbocycles. The van der Waals surface area contributed by atoms with Crippen LogP contribution in [0.4, 0.5) is 0 Å². The highest BCUT2D eigenvalue weighted by Gasteiger charge is 2.12. The third kappa shape index (κ3) is 5.40. The normalized spacial score (nSPS) is 15.6. The summed E-state index contributed by atoms with van der Waals surface area (Å²) in [4.78, 5) is 10.3. The number of hydrogen-bond acceptors (Lipinski definition) is 4. The first-order chi connectivity index (χ1) is 5.57. The molecule has 0 aliphatic heterocycles. The molecule has 0 spiro atoms. The van der Waals surface area contributed by atoms with E-state index in [9.17, 15) is 4.79 Å². The Morgan fingerprint density at radius 3 is 2.67 bits per heavy atom. The van der Waals surface area contributed by atoms with Crippen LogP contribution >= 0.6 is 11.8 Å². The van der Waals surface area contributed by atoms with Crippen LogP contribution in [0.5, 0.6) is 0 Å². The quantitative estimate of drug-likeness (QED) is 0.548. The Morgan fingerprint density at radius 1 is 1.67 bits per heavy atom. The molecule has 0 radical (unpaired) electrons. The van der Waals surface area contributed by atoms with E-state index in [0.29, 0.717) is 12.2 Å². The number of aliphatic hydroxyl groups excluding tert-OH is 1. The molecule has 0 aromatic carbocycles. The van der Waals surface area contributed by atoms with Crippen LogP contribution in [-0.4, -0.2) is 39.8 Å². The lowest BCUT2D eigenvalue weighted by molar-refractivity contribution is -0.137. The van der Waals surface area contributed by atoms with Crippen molar-refractivity contribution in [3.8, 4) is 0 Å². The van der Waals surface area contributed by atoms with Crippen LogP contribution in [0.3, 0.4) is 0 Å². The van der Waals surface area contributed by atoms with Gasteiger partial charge in [0.25, 0.3) is 0 Å². The molecule has 4 N–H and O–H groups in total. The molecule has 5 heteroatoms. The molecule has 0 aromatic heterocycles. The van der Waals surface area contributed by atoms with Crippen molar-refractivity contribution >= 4 is 17.7 Å². The first kappa shape index (κ1) is 11.7. The summed E-state index contributed by atoms with van der Waals surface area (Å²) in [5.41, 5.74) is 5.28. The Hall–Kier alpha value is -0.260. The second-order valence-corrected chi connectivity index (χ2v) is 4.07. The molecule has 0 rings (SSSR count). The summed E-state index contributed by atoms with van der Waals surface area (Å²) in [6, 6.07) is -0.795. The SMILES string of the molecule is CC(CCO)SC[C@H](N)C(=O)O. The molecule has 0 amide bonds. The molecule has 4 nitrogen and oxygen atoms in total. The van der Waals surface area contributed by atoms with E-state index in [0.717, 1.165) is 0 Å². The van der Waals surface area contributed by atoms with Crippen LogP contribution in [-0.2, 0) is 4.79 Å². The maximum Gasteiger partial charge on any atom is 0.321 e. The van der Waals surface area contributed by atoms with E-state index in [-0.39, 0.29) is 11.9 Å². The van der Waals surface area contributed by atoms with E-state index in [4.69, 9.17) is 15.9 Å². The van der Waals surface area contributed by atoms with E-state index in [1.165, 1.54) is 11.8 Å². The molecule has 12 heavy (non-hydrogen) atoms. The highest BCUT2D eigenvalue weighted by molar-refractivity contribution is 7.99. The largest absolute Gasteiger partial charge is 0.480 e. The number of carbonyl (C=O) groups is 1. The van der Waals surface area contributed by atoms with Gasteiger partial charge in [-0.15, -0.1) is 0 Å². The standard InChI is InChI=1S/C7H15NO3S/c1-5(2-3-9)12-4-6(8)7(10)11/h5-6,9H,2-4,8H2,1H3,(H,10,11)/t5?,6-/m0/s1. The van der Waals surface area contributed by atoms with Gasteiger partial charge in [-0.05, 0) is 6.42 Å². The number of rotatable bonds is 6. The van der Waals surface area contributed by atoms with Crippen LogP contribution in [0.1, 0.15) is 13.3 Å². The fraction of sp³-hybridized carbons (Fsp3) is 0.857. The molecule has 72 valence electrons. The van der Waals surface area contributed by atoms with E-state index in [1.807, 2.05) is 6.92 Å². The predicted molar refractivity (Wildman–Crippen MR) is 49.2 cm³/mol. The minimum Gasteiger partial charge on any atom is -0.480 e. The maximum atomic E-state index is 10.3. The Labute approximate surface area is 76.1 Å². The van der Waals surface area contributed by atoms with Crippen molar-refractivity contribution in [2.45, 2.75) is 24.6 Å². The maximum absolute atomic E-state index is 10.3. The van der Waals surface area contributed by atoms with Gasteiger partial charge in [0, 0.05) is 17.6 Å². The number of hydrogen-bond donors (Lipinski definition) is 3. The molecule has 1 unspecified atom stereocenters. The van der Waals surface area contributed by atoms with E-state index < -0.39 is 12.0 Å². The van der Waals surface area contributed by atoms with Gasteiger partial charge in [0.1, 0.15) is 6.04 Å². The zero-order valence-corrected chi connectivity index (χ0v) is 7.88. The van der Waals surface area contributed by atoms with Crippen molar-refractivity contribution in [2.75, 3.05) is 12.4 Å². The molecular formula is C7H15NO3S. The molecule has 0 aromatic rings. The summed E-state index contributed by atoms with van der Waals surface area (Å²) < 4.78 is 0. The molecule has 0 fully saturated rings. The van der Waals surface area contributed by atoms with Gasteiger partial charge in [-0.25, -0.2) is 0 Å². The summed E-state index contributed by atoms with van der Waals surface area (Å²) in [6.07, 6.45) is 0.678. The monoisotopic (exact) mass is 193 g/mol. The highest BCUT2D eigenvalue weighted by Crippen LogP contribution is 2.13. The minimum absolute atomic E-state index is 0.135. The van der Waals surface area contributed by atoms with Crippen LogP contribution in [0.2, 0.25) is 0 Å².